The fourth-order valence-corrected chi connectivity index (χ4v) is 3.50. The molecule has 1 aromatic carbocycles. The van der Waals surface area contributed by atoms with Gasteiger partial charge in [-0.25, -0.2) is 9.18 Å². The van der Waals surface area contributed by atoms with Crippen LogP contribution < -0.4 is 10.2 Å². The molecule has 2 atom stereocenters. The van der Waals surface area contributed by atoms with E-state index in [9.17, 15) is 9.18 Å². The number of para-hydroxylation sites is 1. The summed E-state index contributed by atoms with van der Waals surface area (Å²) >= 11 is 0. The Balaban J connectivity index is 1.53. The van der Waals surface area contributed by atoms with E-state index in [-0.39, 0.29) is 17.9 Å². The van der Waals surface area contributed by atoms with Crippen LogP contribution in [0.3, 0.4) is 0 Å². The number of urea groups is 1. The Kier molecular flexibility index (Phi) is 5.56. The predicted octanol–water partition coefficient (Wildman–Crippen LogP) is 2.47. The summed E-state index contributed by atoms with van der Waals surface area (Å²) in [6, 6.07) is 6.82. The quantitative estimate of drug-likeness (QED) is 0.919. The molecule has 2 aliphatic heterocycles. The number of halogens is 1. The van der Waals surface area contributed by atoms with E-state index in [1.807, 2.05) is 18.0 Å². The van der Waals surface area contributed by atoms with E-state index in [0.29, 0.717) is 18.2 Å². The molecule has 0 aromatic heterocycles. The lowest BCUT2D eigenvalue weighted by molar-refractivity contribution is 0.170. The molecule has 1 N–H and O–H groups in total. The average molecular weight is 335 g/mol. The lowest BCUT2D eigenvalue weighted by Gasteiger charge is -2.35. The summed E-state index contributed by atoms with van der Waals surface area (Å²) in [5.74, 6) is 0.227. The standard InChI is InChI=1S/C18H26FN3O2/c1-21(11-14-8-10-24-13-14)18(23)20-15-5-4-9-22(12-15)17-7-3-2-6-16(17)19/h2-3,6-7,14-15H,4-5,8-13H2,1H3,(H,20,23). The van der Waals surface area contributed by atoms with Gasteiger partial charge in [-0.1, -0.05) is 12.1 Å². The first-order chi connectivity index (χ1) is 11.6. The Hall–Kier alpha value is -1.82. The zero-order valence-electron chi connectivity index (χ0n) is 14.2. The number of ether oxygens (including phenoxy) is 1. The van der Waals surface area contributed by atoms with Crippen LogP contribution in [0.15, 0.2) is 24.3 Å². The van der Waals surface area contributed by atoms with Crippen LogP contribution >= 0.6 is 0 Å². The van der Waals surface area contributed by atoms with Gasteiger partial charge in [0.25, 0.3) is 0 Å². The molecule has 2 unspecified atom stereocenters. The van der Waals surface area contributed by atoms with Crippen molar-refractivity contribution >= 4 is 11.7 Å². The van der Waals surface area contributed by atoms with Crippen molar-refractivity contribution in [1.82, 2.24) is 10.2 Å². The van der Waals surface area contributed by atoms with Crippen LogP contribution in [0.4, 0.5) is 14.9 Å². The van der Waals surface area contributed by atoms with Crippen LogP contribution in [0, 0.1) is 11.7 Å². The SMILES string of the molecule is CN(CC1CCOC1)C(=O)NC1CCCN(c2ccccc2F)C1. The maximum atomic E-state index is 14.0. The first kappa shape index (κ1) is 17.0. The van der Waals surface area contributed by atoms with Crippen LogP contribution in [0.25, 0.3) is 0 Å². The summed E-state index contributed by atoms with van der Waals surface area (Å²) in [4.78, 5) is 16.2. The second-order valence-electron chi connectivity index (χ2n) is 6.80. The van der Waals surface area contributed by atoms with Gasteiger partial charge in [-0.15, -0.1) is 0 Å². The molecule has 3 rings (SSSR count). The third-order valence-electron chi connectivity index (χ3n) is 4.84. The summed E-state index contributed by atoms with van der Waals surface area (Å²) in [5.41, 5.74) is 0.618. The monoisotopic (exact) mass is 335 g/mol. The second-order valence-corrected chi connectivity index (χ2v) is 6.80. The molecule has 0 spiro atoms. The highest BCUT2D eigenvalue weighted by atomic mass is 19.1. The molecule has 0 bridgehead atoms. The van der Waals surface area contributed by atoms with Crippen molar-refractivity contribution < 1.29 is 13.9 Å². The summed E-state index contributed by atoms with van der Waals surface area (Å²) in [6.07, 6.45) is 2.89. The van der Waals surface area contributed by atoms with Gasteiger partial charge in [0.1, 0.15) is 5.82 Å². The van der Waals surface area contributed by atoms with E-state index in [0.717, 1.165) is 45.6 Å². The van der Waals surface area contributed by atoms with Crippen LogP contribution in [0.5, 0.6) is 0 Å². The van der Waals surface area contributed by atoms with E-state index in [1.165, 1.54) is 6.07 Å². The third-order valence-corrected chi connectivity index (χ3v) is 4.84. The van der Waals surface area contributed by atoms with E-state index in [2.05, 4.69) is 5.32 Å². The minimum Gasteiger partial charge on any atom is -0.381 e. The van der Waals surface area contributed by atoms with E-state index < -0.39 is 0 Å². The number of hydrogen-bond donors (Lipinski definition) is 1. The zero-order valence-corrected chi connectivity index (χ0v) is 14.2. The summed E-state index contributed by atoms with van der Waals surface area (Å²) in [6.45, 7) is 3.72. The van der Waals surface area contributed by atoms with Crippen molar-refractivity contribution in [2.75, 3.05) is 44.8 Å². The van der Waals surface area contributed by atoms with Crippen molar-refractivity contribution in [3.63, 3.8) is 0 Å². The molecule has 132 valence electrons. The van der Waals surface area contributed by atoms with Gasteiger partial charge in [-0.05, 0) is 31.4 Å². The maximum Gasteiger partial charge on any atom is 0.317 e. The maximum absolute atomic E-state index is 14.0. The molecule has 2 fully saturated rings. The van der Waals surface area contributed by atoms with E-state index >= 15 is 0 Å². The van der Waals surface area contributed by atoms with Crippen LogP contribution in [0.1, 0.15) is 19.3 Å². The molecular weight excluding hydrogens is 309 g/mol. The number of nitrogens with one attached hydrogen (secondary N) is 1. The summed E-state index contributed by atoms with van der Waals surface area (Å²) < 4.78 is 19.3. The first-order valence-electron chi connectivity index (χ1n) is 8.72. The Bertz CT molecular complexity index is 563. The first-order valence-corrected chi connectivity index (χ1v) is 8.72. The van der Waals surface area contributed by atoms with Crippen molar-refractivity contribution in [3.8, 4) is 0 Å². The van der Waals surface area contributed by atoms with Gasteiger partial charge in [0.2, 0.25) is 0 Å². The van der Waals surface area contributed by atoms with E-state index in [1.54, 1.807) is 17.0 Å². The topological polar surface area (TPSA) is 44.8 Å². The van der Waals surface area contributed by atoms with Crippen molar-refractivity contribution in [1.29, 1.82) is 0 Å². The third kappa shape index (κ3) is 4.17. The number of hydrogen-bond acceptors (Lipinski definition) is 3. The molecule has 24 heavy (non-hydrogen) atoms. The number of carbonyl (C=O) groups excluding carboxylic acids is 1. The number of rotatable bonds is 4. The highest BCUT2D eigenvalue weighted by Crippen LogP contribution is 2.23. The molecule has 2 heterocycles. The van der Waals surface area contributed by atoms with Crippen LogP contribution in [-0.2, 0) is 4.74 Å². The zero-order chi connectivity index (χ0) is 16.9. The summed E-state index contributed by atoms with van der Waals surface area (Å²) in [7, 11) is 1.82. The molecular formula is C18H26FN3O2. The highest BCUT2D eigenvalue weighted by Gasteiger charge is 2.25. The molecule has 2 saturated heterocycles. The fraction of sp³-hybridized carbons (Fsp3) is 0.611. The number of piperidine rings is 1. The Morgan fingerprint density at radius 2 is 2.25 bits per heavy atom. The largest absolute Gasteiger partial charge is 0.381 e. The Morgan fingerprint density at radius 1 is 1.42 bits per heavy atom. The molecule has 1 aromatic rings. The smallest absolute Gasteiger partial charge is 0.317 e. The minimum absolute atomic E-state index is 0.0492. The minimum atomic E-state index is -0.206. The van der Waals surface area contributed by atoms with Gasteiger partial charge in [0, 0.05) is 45.2 Å². The molecule has 0 aliphatic carbocycles. The molecule has 0 saturated carbocycles. The second kappa shape index (κ2) is 7.83. The Morgan fingerprint density at radius 3 is 3.00 bits per heavy atom. The van der Waals surface area contributed by atoms with Crippen molar-refractivity contribution in [2.45, 2.75) is 25.3 Å². The molecule has 2 aliphatic rings. The molecule has 0 radical (unpaired) electrons. The molecule has 5 nitrogen and oxygen atoms in total. The van der Waals surface area contributed by atoms with Gasteiger partial charge in [0.05, 0.1) is 12.3 Å². The summed E-state index contributed by atoms with van der Waals surface area (Å²) in [5, 5.41) is 3.09. The lowest BCUT2D eigenvalue weighted by atomic mass is 10.0. The van der Waals surface area contributed by atoms with Crippen LogP contribution in [-0.4, -0.2) is 56.9 Å². The van der Waals surface area contributed by atoms with Crippen molar-refractivity contribution in [2.24, 2.45) is 5.92 Å². The normalized spacial score (nSPS) is 24.0. The number of nitrogens with zero attached hydrogens (tertiary/aromatic N) is 2. The van der Waals surface area contributed by atoms with Gasteiger partial charge >= 0.3 is 6.03 Å². The highest BCUT2D eigenvalue weighted by molar-refractivity contribution is 5.74. The fourth-order valence-electron chi connectivity index (χ4n) is 3.50. The average Bonchev–Trinajstić information content (AvgIpc) is 3.08. The van der Waals surface area contributed by atoms with Gasteiger partial charge in [-0.3, -0.25) is 0 Å². The van der Waals surface area contributed by atoms with Gasteiger partial charge in [0.15, 0.2) is 0 Å². The number of amides is 2. The molecule has 2 amide bonds. The lowest BCUT2D eigenvalue weighted by Crippen LogP contribution is -2.51. The van der Waals surface area contributed by atoms with E-state index in [4.69, 9.17) is 4.74 Å². The number of carbonyl (C=O) groups is 1. The van der Waals surface area contributed by atoms with Crippen LogP contribution in [0.2, 0.25) is 0 Å². The predicted molar refractivity (Wildman–Crippen MR) is 91.7 cm³/mol. The van der Waals surface area contributed by atoms with Crippen molar-refractivity contribution in [3.05, 3.63) is 30.1 Å². The van der Waals surface area contributed by atoms with Gasteiger partial charge in [-0.2, -0.15) is 0 Å². The Labute approximate surface area is 142 Å². The number of benzene rings is 1. The number of anilines is 1. The molecule has 6 heteroatoms. The van der Waals surface area contributed by atoms with Gasteiger partial charge < -0.3 is 19.9 Å².